The highest BCUT2D eigenvalue weighted by Crippen LogP contribution is 2.18. The van der Waals surface area contributed by atoms with Gasteiger partial charge in [-0.1, -0.05) is 30.4 Å². The van der Waals surface area contributed by atoms with Crippen molar-refractivity contribution in [2.45, 2.75) is 19.8 Å². The zero-order chi connectivity index (χ0) is 21.3. The molecule has 1 heterocycles. The number of amides is 1. The van der Waals surface area contributed by atoms with Gasteiger partial charge in [-0.25, -0.2) is 0 Å². The maximum atomic E-state index is 12.0. The second kappa shape index (κ2) is 10.3. The number of carbonyl (C=O) groups is 1. The number of anilines is 1. The van der Waals surface area contributed by atoms with Crippen molar-refractivity contribution in [2.24, 2.45) is 0 Å². The van der Waals surface area contributed by atoms with Crippen LogP contribution in [0.15, 0.2) is 54.6 Å². The van der Waals surface area contributed by atoms with Gasteiger partial charge in [0.05, 0.1) is 11.5 Å². The van der Waals surface area contributed by atoms with E-state index in [2.05, 4.69) is 22.4 Å². The van der Waals surface area contributed by atoms with E-state index >= 15 is 0 Å². The fraction of sp³-hybridized carbons (Fsp3) is 0.190. The molecular weight excluding hydrogens is 404 g/mol. The number of nitro groups is 1. The van der Waals surface area contributed by atoms with Gasteiger partial charge in [-0.2, -0.15) is 0 Å². The van der Waals surface area contributed by atoms with E-state index in [4.69, 9.17) is 4.74 Å². The molecule has 0 saturated carbocycles. The van der Waals surface area contributed by atoms with E-state index in [1.807, 2.05) is 24.3 Å². The molecule has 0 saturated heterocycles. The third-order valence-electron chi connectivity index (χ3n) is 4.14. The minimum atomic E-state index is -0.472. The monoisotopic (exact) mass is 424 g/mol. The van der Waals surface area contributed by atoms with Crippen LogP contribution >= 0.6 is 11.3 Å². The first-order valence-corrected chi connectivity index (χ1v) is 10.1. The van der Waals surface area contributed by atoms with Crippen LogP contribution < -0.4 is 10.1 Å². The number of ether oxygens (including phenoxy) is 1. The molecule has 0 radical (unpaired) electrons. The SMILES string of the molecule is CCc1ccc(OCCc2nnc(NC(=O)/C=C/c3ccc([N+](=O)[O-])cc3)s2)cc1. The Balaban J connectivity index is 1.45. The van der Waals surface area contributed by atoms with E-state index < -0.39 is 4.92 Å². The maximum Gasteiger partial charge on any atom is 0.269 e. The highest BCUT2D eigenvalue weighted by atomic mass is 32.1. The molecule has 9 heteroatoms. The van der Waals surface area contributed by atoms with Crippen LogP contribution in [-0.2, 0) is 17.6 Å². The Morgan fingerprint density at radius 3 is 2.57 bits per heavy atom. The molecule has 0 aliphatic carbocycles. The summed E-state index contributed by atoms with van der Waals surface area (Å²) in [5, 5.41) is 22.5. The second-order valence-electron chi connectivity index (χ2n) is 6.27. The van der Waals surface area contributed by atoms with E-state index in [9.17, 15) is 14.9 Å². The molecule has 1 N–H and O–H groups in total. The molecule has 0 fully saturated rings. The van der Waals surface area contributed by atoms with Gasteiger partial charge in [0.25, 0.3) is 5.69 Å². The Kier molecular flexibility index (Phi) is 7.23. The van der Waals surface area contributed by atoms with Crippen LogP contribution in [0.1, 0.15) is 23.1 Å². The lowest BCUT2D eigenvalue weighted by Gasteiger charge is -2.05. The molecular formula is C21H20N4O4S. The molecule has 1 aromatic heterocycles. The van der Waals surface area contributed by atoms with E-state index in [1.165, 1.54) is 35.1 Å². The molecule has 3 rings (SSSR count). The van der Waals surface area contributed by atoms with Crippen LogP contribution in [0.25, 0.3) is 6.08 Å². The number of nitrogens with one attached hydrogen (secondary N) is 1. The summed E-state index contributed by atoms with van der Waals surface area (Å²) in [6.45, 7) is 2.57. The molecule has 0 unspecified atom stereocenters. The highest BCUT2D eigenvalue weighted by Gasteiger charge is 2.07. The third kappa shape index (κ3) is 6.21. The smallest absolute Gasteiger partial charge is 0.269 e. The number of aromatic nitrogens is 2. The number of benzene rings is 2. The molecule has 1 amide bonds. The average Bonchev–Trinajstić information content (AvgIpc) is 3.20. The summed E-state index contributed by atoms with van der Waals surface area (Å²) < 4.78 is 5.71. The van der Waals surface area contributed by atoms with Crippen molar-refractivity contribution in [2.75, 3.05) is 11.9 Å². The topological polar surface area (TPSA) is 107 Å². The fourth-order valence-corrected chi connectivity index (χ4v) is 3.23. The summed E-state index contributed by atoms with van der Waals surface area (Å²) in [6, 6.07) is 13.9. The lowest BCUT2D eigenvalue weighted by molar-refractivity contribution is -0.384. The van der Waals surface area contributed by atoms with Gasteiger partial charge in [-0.05, 0) is 47.9 Å². The first kappa shape index (κ1) is 21.1. The molecule has 30 heavy (non-hydrogen) atoms. The minimum Gasteiger partial charge on any atom is -0.493 e. The van der Waals surface area contributed by atoms with Crippen molar-refractivity contribution in [3.8, 4) is 5.75 Å². The largest absolute Gasteiger partial charge is 0.493 e. The van der Waals surface area contributed by atoms with Crippen molar-refractivity contribution >= 4 is 34.1 Å². The van der Waals surface area contributed by atoms with Crippen LogP contribution in [0.4, 0.5) is 10.8 Å². The summed E-state index contributed by atoms with van der Waals surface area (Å²) in [7, 11) is 0. The fourth-order valence-electron chi connectivity index (χ4n) is 2.51. The van der Waals surface area contributed by atoms with Crippen LogP contribution in [0.3, 0.4) is 0 Å². The molecule has 154 valence electrons. The van der Waals surface area contributed by atoms with Gasteiger partial charge in [0, 0.05) is 24.6 Å². The zero-order valence-electron chi connectivity index (χ0n) is 16.3. The van der Waals surface area contributed by atoms with Gasteiger partial charge >= 0.3 is 0 Å². The van der Waals surface area contributed by atoms with E-state index in [-0.39, 0.29) is 11.6 Å². The normalized spacial score (nSPS) is 10.8. The molecule has 0 atom stereocenters. The summed E-state index contributed by atoms with van der Waals surface area (Å²) in [6.07, 6.45) is 4.48. The Bertz CT molecular complexity index is 1030. The van der Waals surface area contributed by atoms with Crippen LogP contribution in [0.2, 0.25) is 0 Å². The lowest BCUT2D eigenvalue weighted by atomic mass is 10.2. The summed E-state index contributed by atoms with van der Waals surface area (Å²) in [4.78, 5) is 22.2. The molecule has 3 aromatic rings. The predicted octanol–water partition coefficient (Wildman–Crippen LogP) is 4.28. The number of nitrogens with zero attached hydrogens (tertiary/aromatic N) is 3. The molecule has 0 aliphatic heterocycles. The van der Waals surface area contributed by atoms with E-state index in [0.29, 0.717) is 23.7 Å². The Hall–Kier alpha value is -3.59. The quantitative estimate of drug-likeness (QED) is 0.312. The number of rotatable bonds is 9. The Morgan fingerprint density at radius 1 is 1.17 bits per heavy atom. The van der Waals surface area contributed by atoms with Crippen molar-refractivity contribution in [3.63, 3.8) is 0 Å². The van der Waals surface area contributed by atoms with Gasteiger partial charge in [0.1, 0.15) is 10.8 Å². The van der Waals surface area contributed by atoms with Gasteiger partial charge < -0.3 is 4.74 Å². The standard InChI is InChI=1S/C21H20N4O4S/c1-2-15-5-10-18(11-6-15)29-14-13-20-23-24-21(30-20)22-19(26)12-7-16-3-8-17(9-4-16)25(27)28/h3-12H,2,13-14H2,1H3,(H,22,24,26)/b12-7+. The van der Waals surface area contributed by atoms with Crippen LogP contribution in [0.5, 0.6) is 5.75 Å². The van der Waals surface area contributed by atoms with Crippen molar-refractivity contribution in [3.05, 3.63) is 80.9 Å². The zero-order valence-corrected chi connectivity index (χ0v) is 17.1. The van der Waals surface area contributed by atoms with Gasteiger partial charge in [-0.3, -0.25) is 20.2 Å². The first-order chi connectivity index (χ1) is 14.5. The first-order valence-electron chi connectivity index (χ1n) is 9.31. The number of carbonyl (C=O) groups excluding carboxylic acids is 1. The van der Waals surface area contributed by atoms with Gasteiger partial charge in [0.2, 0.25) is 11.0 Å². The van der Waals surface area contributed by atoms with E-state index in [1.54, 1.807) is 18.2 Å². The number of hydrogen-bond donors (Lipinski definition) is 1. The summed E-state index contributed by atoms with van der Waals surface area (Å²) in [5.41, 5.74) is 1.94. The molecule has 0 bridgehead atoms. The third-order valence-corrected chi connectivity index (χ3v) is 5.04. The second-order valence-corrected chi connectivity index (χ2v) is 7.33. The summed E-state index contributed by atoms with van der Waals surface area (Å²) >= 11 is 1.29. The van der Waals surface area contributed by atoms with Crippen molar-refractivity contribution < 1.29 is 14.5 Å². The lowest BCUT2D eigenvalue weighted by Crippen LogP contribution is -2.07. The summed E-state index contributed by atoms with van der Waals surface area (Å²) in [5.74, 6) is 0.449. The molecule has 8 nitrogen and oxygen atoms in total. The number of nitro benzene ring substituents is 1. The predicted molar refractivity (Wildman–Crippen MR) is 116 cm³/mol. The van der Waals surface area contributed by atoms with Gasteiger partial charge in [-0.15, -0.1) is 10.2 Å². The number of aryl methyl sites for hydroxylation is 1. The molecule has 2 aromatic carbocycles. The van der Waals surface area contributed by atoms with Crippen LogP contribution in [0, 0.1) is 10.1 Å². The van der Waals surface area contributed by atoms with Crippen LogP contribution in [-0.4, -0.2) is 27.6 Å². The van der Waals surface area contributed by atoms with E-state index in [0.717, 1.165) is 17.2 Å². The Morgan fingerprint density at radius 2 is 1.90 bits per heavy atom. The number of hydrogen-bond acceptors (Lipinski definition) is 7. The highest BCUT2D eigenvalue weighted by molar-refractivity contribution is 7.15. The van der Waals surface area contributed by atoms with Crippen molar-refractivity contribution in [1.29, 1.82) is 0 Å². The Labute approximate surface area is 177 Å². The average molecular weight is 424 g/mol. The maximum absolute atomic E-state index is 12.0. The van der Waals surface area contributed by atoms with Gasteiger partial charge in [0.15, 0.2) is 0 Å². The van der Waals surface area contributed by atoms with Crippen molar-refractivity contribution in [1.82, 2.24) is 10.2 Å². The molecule has 0 aliphatic rings. The minimum absolute atomic E-state index is 0.0000514. The number of non-ortho nitro benzene ring substituents is 1. The molecule has 0 spiro atoms.